The van der Waals surface area contributed by atoms with Gasteiger partial charge >= 0.3 is 11.9 Å². The molecule has 0 radical (unpaired) electrons. The molecule has 0 saturated heterocycles. The van der Waals surface area contributed by atoms with Gasteiger partial charge in [0.2, 0.25) is 5.95 Å². The summed E-state index contributed by atoms with van der Waals surface area (Å²) in [5, 5.41) is 24.3. The van der Waals surface area contributed by atoms with E-state index in [1.54, 1.807) is 31.3 Å². The van der Waals surface area contributed by atoms with E-state index in [0.29, 0.717) is 30.2 Å². The highest BCUT2D eigenvalue weighted by Crippen LogP contribution is 2.25. The first-order chi connectivity index (χ1) is 15.7. The first-order valence-corrected chi connectivity index (χ1v) is 10.3. The number of hydrogen-bond donors (Lipinski definition) is 6. The van der Waals surface area contributed by atoms with Crippen LogP contribution in [0.15, 0.2) is 29.1 Å². The average molecular weight is 458 g/mol. The maximum atomic E-state index is 12.4. The Hall–Kier alpha value is -4.09. The highest BCUT2D eigenvalue weighted by molar-refractivity contribution is 5.98. The Morgan fingerprint density at radius 2 is 1.97 bits per heavy atom. The molecule has 1 aromatic carbocycles. The first-order valence-electron chi connectivity index (χ1n) is 10.3. The molecule has 0 spiro atoms. The quantitative estimate of drug-likeness (QED) is 0.276. The van der Waals surface area contributed by atoms with E-state index in [9.17, 15) is 24.3 Å². The van der Waals surface area contributed by atoms with E-state index in [0.717, 1.165) is 5.69 Å². The molecule has 2 heterocycles. The number of aromatic nitrogens is 2. The van der Waals surface area contributed by atoms with Crippen LogP contribution >= 0.6 is 0 Å². The lowest BCUT2D eigenvalue weighted by atomic mass is 9.94. The summed E-state index contributed by atoms with van der Waals surface area (Å²) in [6, 6.07) is 6.54. The number of nitrogens with two attached hydrogens (primary N) is 1. The van der Waals surface area contributed by atoms with Crippen molar-refractivity contribution in [2.24, 2.45) is 5.92 Å². The third-order valence-electron chi connectivity index (χ3n) is 5.56. The second kappa shape index (κ2) is 10.0. The topological polar surface area (TPSA) is 191 Å². The lowest BCUT2D eigenvalue weighted by Gasteiger charge is -2.35. The zero-order valence-electron chi connectivity index (χ0n) is 18.0. The third-order valence-corrected chi connectivity index (χ3v) is 5.56. The number of likely N-dealkylation sites (N-methyl/N-ethyl adjacent to an activating group) is 1. The molecule has 0 bridgehead atoms. The van der Waals surface area contributed by atoms with E-state index in [1.165, 1.54) is 0 Å². The Kier molecular flexibility index (Phi) is 7.16. The van der Waals surface area contributed by atoms with Crippen LogP contribution in [0.5, 0.6) is 0 Å². The molecule has 0 aliphatic carbocycles. The number of carboxylic acid groups (broad SMARTS) is 2. The number of carbonyl (C=O) groups is 3. The summed E-state index contributed by atoms with van der Waals surface area (Å²) >= 11 is 0. The van der Waals surface area contributed by atoms with Crippen molar-refractivity contribution in [1.29, 1.82) is 0 Å². The fourth-order valence-corrected chi connectivity index (χ4v) is 3.64. The first kappa shape index (κ1) is 23.6. The molecule has 0 amide bonds. The Morgan fingerprint density at radius 1 is 1.27 bits per heavy atom. The van der Waals surface area contributed by atoms with Crippen LogP contribution in [-0.4, -0.2) is 64.1 Å². The van der Waals surface area contributed by atoms with Crippen molar-refractivity contribution in [3.05, 3.63) is 40.2 Å². The zero-order chi connectivity index (χ0) is 24.1. The van der Waals surface area contributed by atoms with Crippen LogP contribution in [0.1, 0.15) is 29.6 Å². The Balaban J connectivity index is 1.58. The molecular formula is C21H26N6O6. The molecule has 12 nitrogen and oxygen atoms in total. The number of ketones is 1. The number of fused-ring (bicyclic) bond motifs is 1. The minimum Gasteiger partial charge on any atom is -0.481 e. The van der Waals surface area contributed by atoms with Crippen molar-refractivity contribution < 1.29 is 24.6 Å². The van der Waals surface area contributed by atoms with Gasteiger partial charge in [0.05, 0.1) is 12.0 Å². The molecule has 3 rings (SSSR count). The van der Waals surface area contributed by atoms with Gasteiger partial charge in [-0.1, -0.05) is 0 Å². The number of nitrogen functional groups attached to an aromatic ring is 1. The molecule has 1 aliphatic heterocycles. The van der Waals surface area contributed by atoms with E-state index >= 15 is 0 Å². The molecule has 2 atom stereocenters. The number of nitrogens with one attached hydrogen (secondary N) is 3. The SMILES string of the molecule is CN1c2c(nc(N)[nH]c2=O)NC[C@H]1CNc1ccc(C(=O)C[C@@H](CCC(=O)O)C(=O)O)cc1. The Labute approximate surface area is 188 Å². The third kappa shape index (κ3) is 5.79. The van der Waals surface area contributed by atoms with Gasteiger partial charge in [-0.05, 0) is 30.7 Å². The van der Waals surface area contributed by atoms with E-state index in [4.69, 9.17) is 10.8 Å². The Bertz CT molecular complexity index is 1100. The van der Waals surface area contributed by atoms with Crippen LogP contribution in [0.25, 0.3) is 0 Å². The van der Waals surface area contributed by atoms with Crippen LogP contribution in [0, 0.1) is 5.92 Å². The standard InChI is InChI=1S/C21H26N6O6/c1-27-14(10-24-18-17(27)19(31)26-21(22)25-18)9-23-13-5-2-11(3-6-13)15(28)8-12(20(32)33)4-7-16(29)30/h2-3,5-6,12,14,23H,4,7-10H2,1H3,(H,29,30)(H,32,33)(H4,22,24,25,26,31)/t12-,14-/m1/s1. The summed E-state index contributed by atoms with van der Waals surface area (Å²) in [4.78, 5) is 55.1. The van der Waals surface area contributed by atoms with E-state index < -0.39 is 17.9 Å². The van der Waals surface area contributed by atoms with E-state index in [1.807, 2.05) is 4.90 Å². The molecular weight excluding hydrogens is 432 g/mol. The van der Waals surface area contributed by atoms with Crippen molar-refractivity contribution in [1.82, 2.24) is 9.97 Å². The average Bonchev–Trinajstić information content (AvgIpc) is 2.75. The van der Waals surface area contributed by atoms with Crippen molar-refractivity contribution >= 4 is 40.9 Å². The van der Waals surface area contributed by atoms with Gasteiger partial charge in [0, 0.05) is 44.2 Å². The van der Waals surface area contributed by atoms with Crippen LogP contribution in [0.4, 0.5) is 23.1 Å². The Morgan fingerprint density at radius 3 is 2.61 bits per heavy atom. The molecule has 7 N–H and O–H groups in total. The lowest BCUT2D eigenvalue weighted by molar-refractivity contribution is -0.142. The number of anilines is 4. The lowest BCUT2D eigenvalue weighted by Crippen LogP contribution is -2.48. The minimum absolute atomic E-state index is 0.0439. The van der Waals surface area contributed by atoms with Crippen LogP contribution in [0.3, 0.4) is 0 Å². The molecule has 12 heteroatoms. The second-order valence-electron chi connectivity index (χ2n) is 7.85. The van der Waals surface area contributed by atoms with Gasteiger partial charge in [0.25, 0.3) is 5.56 Å². The highest BCUT2D eigenvalue weighted by atomic mass is 16.4. The van der Waals surface area contributed by atoms with Gasteiger partial charge in [-0.25, -0.2) is 0 Å². The number of hydrogen-bond acceptors (Lipinski definition) is 9. The van der Waals surface area contributed by atoms with Gasteiger partial charge in [-0.2, -0.15) is 4.98 Å². The molecule has 0 unspecified atom stereocenters. The fraction of sp³-hybridized carbons (Fsp3) is 0.381. The summed E-state index contributed by atoms with van der Waals surface area (Å²) < 4.78 is 0. The van der Waals surface area contributed by atoms with Crippen LogP contribution in [-0.2, 0) is 9.59 Å². The number of rotatable bonds is 10. The summed E-state index contributed by atoms with van der Waals surface area (Å²) in [7, 11) is 1.80. The predicted molar refractivity (Wildman–Crippen MR) is 122 cm³/mol. The molecule has 1 aromatic heterocycles. The molecule has 33 heavy (non-hydrogen) atoms. The minimum atomic E-state index is -1.19. The number of aromatic amines is 1. The summed E-state index contributed by atoms with van der Waals surface area (Å²) in [6.45, 7) is 1.03. The number of H-pyrrole nitrogens is 1. The monoisotopic (exact) mass is 458 g/mol. The largest absolute Gasteiger partial charge is 0.481 e. The van der Waals surface area contributed by atoms with Gasteiger partial charge in [-0.3, -0.25) is 24.2 Å². The predicted octanol–water partition coefficient (Wildman–Crippen LogP) is 0.833. The number of nitrogens with zero attached hydrogens (tertiary/aromatic N) is 2. The molecule has 1 aliphatic rings. The summed E-state index contributed by atoms with van der Waals surface area (Å²) in [6.07, 6.45) is -0.676. The maximum absolute atomic E-state index is 12.4. The van der Waals surface area contributed by atoms with Crippen molar-refractivity contribution in [3.8, 4) is 0 Å². The summed E-state index contributed by atoms with van der Waals surface area (Å²) in [5.41, 5.74) is 6.75. The second-order valence-corrected chi connectivity index (χ2v) is 7.85. The highest BCUT2D eigenvalue weighted by Gasteiger charge is 2.27. The summed E-state index contributed by atoms with van der Waals surface area (Å²) in [5.74, 6) is -3.22. The van der Waals surface area contributed by atoms with Gasteiger partial charge in [-0.15, -0.1) is 0 Å². The van der Waals surface area contributed by atoms with E-state index in [-0.39, 0.29) is 42.6 Å². The smallest absolute Gasteiger partial charge is 0.306 e. The maximum Gasteiger partial charge on any atom is 0.306 e. The van der Waals surface area contributed by atoms with Gasteiger partial charge in [0.1, 0.15) is 5.69 Å². The number of Topliss-reactive ketones (excluding diaryl/α,β-unsaturated/α-hetero) is 1. The zero-order valence-corrected chi connectivity index (χ0v) is 18.0. The van der Waals surface area contributed by atoms with Crippen LogP contribution in [0.2, 0.25) is 0 Å². The normalized spacial score (nSPS) is 15.8. The van der Waals surface area contributed by atoms with Gasteiger partial charge in [0.15, 0.2) is 11.6 Å². The van der Waals surface area contributed by atoms with Crippen molar-refractivity contribution in [3.63, 3.8) is 0 Å². The van der Waals surface area contributed by atoms with Crippen molar-refractivity contribution in [2.75, 3.05) is 41.4 Å². The molecule has 176 valence electrons. The van der Waals surface area contributed by atoms with Crippen LogP contribution < -0.4 is 26.8 Å². The van der Waals surface area contributed by atoms with E-state index in [2.05, 4.69) is 20.6 Å². The molecule has 2 aromatic rings. The number of benzene rings is 1. The number of carbonyl (C=O) groups excluding carboxylic acids is 1. The number of aliphatic carboxylic acids is 2. The van der Waals surface area contributed by atoms with Crippen molar-refractivity contribution in [2.45, 2.75) is 25.3 Å². The molecule has 0 fully saturated rings. The number of carboxylic acids is 2. The van der Waals surface area contributed by atoms with Gasteiger partial charge < -0.3 is 31.5 Å². The molecule has 0 saturated carbocycles. The fourth-order valence-electron chi connectivity index (χ4n) is 3.64.